The lowest BCUT2D eigenvalue weighted by Gasteiger charge is -2.18. The molecule has 0 aromatic heterocycles. The number of carbonyl (C=O) groups is 3. The highest BCUT2D eigenvalue weighted by Crippen LogP contribution is 2.18. The molecule has 0 heterocycles. The molecule has 0 saturated carbocycles. The molecule has 0 amide bonds. The summed E-state index contributed by atoms with van der Waals surface area (Å²) in [6.45, 7) is 6.42. The van der Waals surface area contributed by atoms with Crippen molar-refractivity contribution >= 4 is 17.9 Å². The summed E-state index contributed by atoms with van der Waals surface area (Å²) in [4.78, 5) is 38.4. The van der Waals surface area contributed by atoms with Crippen LogP contribution in [0.25, 0.3) is 0 Å². The maximum atomic E-state index is 13.0. The molecule has 6 heteroatoms. The fourth-order valence-electron chi connectivity index (χ4n) is 10.1. The minimum absolute atomic E-state index is 0.0897. The van der Waals surface area contributed by atoms with Crippen molar-refractivity contribution in [3.63, 3.8) is 0 Å². The van der Waals surface area contributed by atoms with E-state index in [2.05, 4.69) is 118 Å². The summed E-state index contributed by atoms with van der Waals surface area (Å²) in [7, 11) is 0. The van der Waals surface area contributed by atoms with Crippen molar-refractivity contribution in [2.45, 2.75) is 354 Å². The van der Waals surface area contributed by atoms with E-state index >= 15 is 0 Å². The summed E-state index contributed by atoms with van der Waals surface area (Å²) >= 11 is 0. The Balaban J connectivity index is 4.32. The quantitative estimate of drug-likeness (QED) is 0.0261. The molecule has 0 fully saturated rings. The second-order valence-corrected chi connectivity index (χ2v) is 23.4. The average Bonchev–Trinajstić information content (AvgIpc) is 3.47. The van der Waals surface area contributed by atoms with Gasteiger partial charge in [0.2, 0.25) is 0 Å². The monoisotopic (exact) mass is 1140 g/mol. The molecule has 0 N–H and O–H groups in total. The van der Waals surface area contributed by atoms with Crippen LogP contribution in [-0.4, -0.2) is 37.2 Å². The molecule has 0 aliphatic carbocycles. The smallest absolute Gasteiger partial charge is 0.306 e. The van der Waals surface area contributed by atoms with Gasteiger partial charge >= 0.3 is 17.9 Å². The number of rotatable bonds is 64. The summed E-state index contributed by atoms with van der Waals surface area (Å²) in [6, 6.07) is 0. The molecule has 0 rings (SSSR count). The molecule has 0 radical (unpaired) electrons. The molecule has 0 aromatic rings. The summed E-state index contributed by atoms with van der Waals surface area (Å²) in [5.74, 6) is -0.921. The van der Waals surface area contributed by atoms with Crippen LogP contribution in [0.3, 0.4) is 0 Å². The van der Waals surface area contributed by atoms with E-state index in [4.69, 9.17) is 14.2 Å². The highest BCUT2D eigenvalue weighted by molar-refractivity contribution is 5.71. The van der Waals surface area contributed by atoms with Gasteiger partial charge in [-0.15, -0.1) is 0 Å². The molecule has 0 aliphatic heterocycles. The maximum absolute atomic E-state index is 13.0. The van der Waals surface area contributed by atoms with Crippen LogP contribution in [0.2, 0.25) is 0 Å². The molecule has 1 unspecified atom stereocenters. The number of esters is 3. The molecule has 0 aromatic carbocycles. The van der Waals surface area contributed by atoms with Crippen LogP contribution in [0.4, 0.5) is 0 Å². The van der Waals surface area contributed by atoms with Crippen molar-refractivity contribution in [2.24, 2.45) is 0 Å². The van der Waals surface area contributed by atoms with Gasteiger partial charge in [0.05, 0.1) is 0 Å². The van der Waals surface area contributed by atoms with Gasteiger partial charge in [-0.2, -0.15) is 0 Å². The van der Waals surface area contributed by atoms with Crippen molar-refractivity contribution in [2.75, 3.05) is 13.2 Å². The normalized spacial score (nSPS) is 12.7. The van der Waals surface area contributed by atoms with Crippen LogP contribution in [0.5, 0.6) is 0 Å². The average molecular weight is 1140 g/mol. The molecule has 82 heavy (non-hydrogen) atoms. The van der Waals surface area contributed by atoms with E-state index in [9.17, 15) is 14.4 Å². The van der Waals surface area contributed by atoms with Crippen LogP contribution in [0.15, 0.2) is 97.2 Å². The molecule has 0 aliphatic rings. The lowest BCUT2D eigenvalue weighted by Crippen LogP contribution is -2.30. The Hall–Kier alpha value is -3.67. The lowest BCUT2D eigenvalue weighted by atomic mass is 10.0. The van der Waals surface area contributed by atoms with Crippen LogP contribution < -0.4 is 0 Å². The molecular weight excluding hydrogens is 1010 g/mol. The highest BCUT2D eigenvalue weighted by atomic mass is 16.6. The minimum atomic E-state index is -0.799. The Kier molecular flexibility index (Phi) is 66.7. The Bertz CT molecular complexity index is 1590. The highest BCUT2D eigenvalue weighted by Gasteiger charge is 2.19. The fourth-order valence-corrected chi connectivity index (χ4v) is 10.1. The van der Waals surface area contributed by atoms with Gasteiger partial charge in [0.15, 0.2) is 6.10 Å². The van der Waals surface area contributed by atoms with Gasteiger partial charge < -0.3 is 14.2 Å². The summed E-state index contributed by atoms with van der Waals surface area (Å²) in [6.07, 6.45) is 94.4. The van der Waals surface area contributed by atoms with E-state index in [1.165, 1.54) is 199 Å². The van der Waals surface area contributed by atoms with Crippen LogP contribution in [-0.2, 0) is 28.6 Å². The first-order valence-electron chi connectivity index (χ1n) is 35.2. The predicted octanol–water partition coefficient (Wildman–Crippen LogP) is 24.4. The third-order valence-corrected chi connectivity index (χ3v) is 15.3. The first kappa shape index (κ1) is 78.3. The number of hydrogen-bond donors (Lipinski definition) is 0. The van der Waals surface area contributed by atoms with E-state index in [1.807, 2.05) is 0 Å². The molecule has 472 valence electrons. The van der Waals surface area contributed by atoms with E-state index in [0.29, 0.717) is 19.3 Å². The van der Waals surface area contributed by atoms with Crippen LogP contribution >= 0.6 is 0 Å². The number of hydrogen-bond acceptors (Lipinski definition) is 6. The number of ether oxygens (including phenoxy) is 3. The zero-order chi connectivity index (χ0) is 59.2. The Morgan fingerprint density at radius 2 is 0.476 bits per heavy atom. The van der Waals surface area contributed by atoms with Gasteiger partial charge in [-0.3, -0.25) is 14.4 Å². The van der Waals surface area contributed by atoms with Gasteiger partial charge in [-0.1, -0.05) is 330 Å². The van der Waals surface area contributed by atoms with Gasteiger partial charge in [-0.05, 0) is 96.3 Å². The van der Waals surface area contributed by atoms with E-state index in [1.54, 1.807) is 0 Å². The largest absolute Gasteiger partial charge is 0.462 e. The predicted molar refractivity (Wildman–Crippen MR) is 357 cm³/mol. The van der Waals surface area contributed by atoms with Crippen LogP contribution in [0, 0.1) is 0 Å². The molecule has 1 atom stereocenters. The number of carbonyl (C=O) groups excluding carboxylic acids is 3. The van der Waals surface area contributed by atoms with Crippen molar-refractivity contribution in [1.29, 1.82) is 0 Å². The van der Waals surface area contributed by atoms with Crippen molar-refractivity contribution in [1.82, 2.24) is 0 Å². The molecular formula is C76H132O6. The maximum Gasteiger partial charge on any atom is 0.306 e. The third-order valence-electron chi connectivity index (χ3n) is 15.3. The van der Waals surface area contributed by atoms with Gasteiger partial charge in [0, 0.05) is 19.3 Å². The molecule has 6 nitrogen and oxygen atoms in total. The Labute approximate surface area is 508 Å². The number of unbranched alkanes of at least 4 members (excludes halogenated alkanes) is 37. The van der Waals surface area contributed by atoms with Crippen molar-refractivity contribution < 1.29 is 28.6 Å². The van der Waals surface area contributed by atoms with Gasteiger partial charge in [0.1, 0.15) is 13.2 Å². The second-order valence-electron chi connectivity index (χ2n) is 23.4. The summed E-state index contributed by atoms with van der Waals surface area (Å²) in [5.41, 5.74) is 0. The third kappa shape index (κ3) is 67.1. The van der Waals surface area contributed by atoms with Gasteiger partial charge in [-0.25, -0.2) is 0 Å². The zero-order valence-corrected chi connectivity index (χ0v) is 54.2. The lowest BCUT2D eigenvalue weighted by molar-refractivity contribution is -0.167. The van der Waals surface area contributed by atoms with Gasteiger partial charge in [0.25, 0.3) is 0 Å². The first-order valence-corrected chi connectivity index (χ1v) is 35.2. The van der Waals surface area contributed by atoms with Crippen molar-refractivity contribution in [3.05, 3.63) is 97.2 Å². The Morgan fingerprint density at radius 3 is 0.768 bits per heavy atom. The fraction of sp³-hybridized carbons (Fsp3) is 0.750. The number of allylic oxidation sites excluding steroid dienone is 16. The van der Waals surface area contributed by atoms with E-state index in [-0.39, 0.29) is 31.1 Å². The molecule has 0 bridgehead atoms. The topological polar surface area (TPSA) is 78.9 Å². The summed E-state index contributed by atoms with van der Waals surface area (Å²) < 4.78 is 17.0. The molecule has 0 saturated heterocycles. The SMILES string of the molecule is CC/C=C\C/C=C\C/C=C\C/C=C\CCCCCCCCCCCCC(=O)OC(COC(=O)CCCC/C=C\C/C=C\C/C=C\C/C=C\CC)COC(=O)CCCCCCCCCCCCCCCCCCCCCCCCCCCC. The standard InChI is InChI=1S/C76H132O6/c1-4-7-10-13-16-19-22-25-28-30-32-34-36-37-38-40-41-43-45-48-51-54-57-60-63-66-69-75(78)81-72-73(71-80-74(77)68-65-62-59-56-53-50-47-27-24-21-18-15-12-9-6-3)82-76(79)70-67-64-61-58-55-52-49-46-44-42-39-35-33-31-29-26-23-20-17-14-11-8-5-2/h8-9,11-12,17-18,20-21,26-27,29,33,35,47,53,56,73H,4-7,10,13-16,19,22-25,28,30-32,34,36-46,48-52,54-55,57-72H2,1-3H3/b11-8-,12-9-,20-17-,21-18-,29-26-,35-33-,47-27-,56-53-. The van der Waals surface area contributed by atoms with Crippen molar-refractivity contribution in [3.8, 4) is 0 Å². The van der Waals surface area contributed by atoms with Crippen LogP contribution in [0.1, 0.15) is 348 Å². The Morgan fingerprint density at radius 1 is 0.256 bits per heavy atom. The zero-order valence-electron chi connectivity index (χ0n) is 54.2. The summed E-state index contributed by atoms with van der Waals surface area (Å²) in [5, 5.41) is 0. The molecule has 0 spiro atoms. The van der Waals surface area contributed by atoms with E-state index in [0.717, 1.165) is 109 Å². The first-order chi connectivity index (χ1) is 40.5. The minimum Gasteiger partial charge on any atom is -0.462 e. The second kappa shape index (κ2) is 69.8. The van der Waals surface area contributed by atoms with E-state index < -0.39 is 6.10 Å².